The first-order valence-electron chi connectivity index (χ1n) is 7.47. The van der Waals surface area contributed by atoms with Gasteiger partial charge in [-0.15, -0.1) is 0 Å². The summed E-state index contributed by atoms with van der Waals surface area (Å²) in [4.78, 5) is 25.2. The Balaban J connectivity index is 2.39. The van der Waals surface area contributed by atoms with Gasteiger partial charge < -0.3 is 10.2 Å². The normalized spacial score (nSPS) is 10.5. The molecule has 116 valence electrons. The van der Waals surface area contributed by atoms with Gasteiger partial charge in [0.25, 0.3) is 0 Å². The Kier molecular flexibility index (Phi) is 6.92. The molecule has 4 nitrogen and oxygen atoms in total. The highest BCUT2D eigenvalue weighted by Crippen LogP contribution is 2.07. The summed E-state index contributed by atoms with van der Waals surface area (Å²) in [6, 6.07) is 7.88. The van der Waals surface area contributed by atoms with E-state index < -0.39 is 0 Å². The van der Waals surface area contributed by atoms with E-state index >= 15 is 0 Å². The third-order valence-electron chi connectivity index (χ3n) is 3.35. The molecule has 0 atom stereocenters. The van der Waals surface area contributed by atoms with Gasteiger partial charge in [0, 0.05) is 26.6 Å². The van der Waals surface area contributed by atoms with Crippen molar-refractivity contribution in [2.24, 2.45) is 5.92 Å². The SMILES string of the molecule is CC(=O)N(CCNC(=O)Cc1ccccc1C)CC(C)C. The molecular weight excluding hydrogens is 264 g/mol. The second-order valence-corrected chi connectivity index (χ2v) is 5.81. The Morgan fingerprint density at radius 1 is 1.24 bits per heavy atom. The van der Waals surface area contributed by atoms with Crippen molar-refractivity contribution in [2.75, 3.05) is 19.6 Å². The molecule has 2 amide bonds. The lowest BCUT2D eigenvalue weighted by Crippen LogP contribution is -2.39. The number of nitrogens with one attached hydrogen (secondary N) is 1. The molecule has 0 aliphatic carbocycles. The van der Waals surface area contributed by atoms with Gasteiger partial charge in [-0.25, -0.2) is 0 Å². The maximum absolute atomic E-state index is 11.9. The lowest BCUT2D eigenvalue weighted by molar-refractivity contribution is -0.130. The molecule has 21 heavy (non-hydrogen) atoms. The molecule has 1 N–H and O–H groups in total. The van der Waals surface area contributed by atoms with Crippen LogP contribution in [-0.4, -0.2) is 36.3 Å². The maximum atomic E-state index is 11.9. The van der Waals surface area contributed by atoms with Crippen LogP contribution in [0.2, 0.25) is 0 Å². The number of carbonyl (C=O) groups is 2. The van der Waals surface area contributed by atoms with Gasteiger partial charge in [0.15, 0.2) is 0 Å². The number of nitrogens with zero attached hydrogens (tertiary/aromatic N) is 1. The molecule has 0 radical (unpaired) electrons. The second kappa shape index (κ2) is 8.45. The molecule has 0 saturated carbocycles. The van der Waals surface area contributed by atoms with Gasteiger partial charge in [0.1, 0.15) is 0 Å². The molecule has 0 spiro atoms. The van der Waals surface area contributed by atoms with Crippen molar-refractivity contribution in [2.45, 2.75) is 34.1 Å². The zero-order valence-electron chi connectivity index (χ0n) is 13.5. The fourth-order valence-corrected chi connectivity index (χ4v) is 2.19. The van der Waals surface area contributed by atoms with Gasteiger partial charge in [-0.05, 0) is 24.0 Å². The number of hydrogen-bond donors (Lipinski definition) is 1. The van der Waals surface area contributed by atoms with Crippen molar-refractivity contribution < 1.29 is 9.59 Å². The average Bonchev–Trinajstić information content (AvgIpc) is 2.39. The molecular formula is C17H26N2O2. The highest BCUT2D eigenvalue weighted by atomic mass is 16.2. The van der Waals surface area contributed by atoms with Crippen LogP contribution in [0.25, 0.3) is 0 Å². The van der Waals surface area contributed by atoms with Crippen LogP contribution in [0.5, 0.6) is 0 Å². The van der Waals surface area contributed by atoms with E-state index in [1.807, 2.05) is 31.2 Å². The van der Waals surface area contributed by atoms with E-state index in [9.17, 15) is 9.59 Å². The lowest BCUT2D eigenvalue weighted by atomic mass is 10.1. The minimum atomic E-state index is -0.00245. The van der Waals surface area contributed by atoms with Crippen molar-refractivity contribution >= 4 is 11.8 Å². The molecule has 0 saturated heterocycles. The molecule has 0 aliphatic rings. The molecule has 1 rings (SSSR count). The third-order valence-corrected chi connectivity index (χ3v) is 3.35. The number of aryl methyl sites for hydroxylation is 1. The molecule has 0 aromatic heterocycles. The third kappa shape index (κ3) is 6.43. The second-order valence-electron chi connectivity index (χ2n) is 5.81. The summed E-state index contributed by atoms with van der Waals surface area (Å²) in [6.07, 6.45) is 0.386. The van der Waals surface area contributed by atoms with E-state index in [0.717, 1.165) is 17.7 Å². The number of amides is 2. The Morgan fingerprint density at radius 2 is 1.90 bits per heavy atom. The van der Waals surface area contributed by atoms with Crippen molar-refractivity contribution in [1.29, 1.82) is 0 Å². The average molecular weight is 290 g/mol. The highest BCUT2D eigenvalue weighted by Gasteiger charge is 2.11. The van der Waals surface area contributed by atoms with E-state index in [1.165, 1.54) is 0 Å². The zero-order valence-corrected chi connectivity index (χ0v) is 13.5. The number of carbonyl (C=O) groups excluding carboxylic acids is 2. The van der Waals surface area contributed by atoms with Gasteiger partial charge in [-0.1, -0.05) is 38.1 Å². The topological polar surface area (TPSA) is 49.4 Å². The zero-order chi connectivity index (χ0) is 15.8. The Labute approximate surface area is 127 Å². The van der Waals surface area contributed by atoms with E-state index in [4.69, 9.17) is 0 Å². The molecule has 0 aliphatic heterocycles. The van der Waals surface area contributed by atoms with E-state index in [1.54, 1.807) is 11.8 Å². The van der Waals surface area contributed by atoms with Crippen molar-refractivity contribution in [1.82, 2.24) is 10.2 Å². The highest BCUT2D eigenvalue weighted by molar-refractivity contribution is 5.79. The van der Waals surface area contributed by atoms with Crippen LogP contribution < -0.4 is 5.32 Å². The van der Waals surface area contributed by atoms with Gasteiger partial charge in [0.05, 0.1) is 6.42 Å². The minimum Gasteiger partial charge on any atom is -0.354 e. The Bertz CT molecular complexity index is 483. The number of rotatable bonds is 7. The van der Waals surface area contributed by atoms with Gasteiger partial charge in [0.2, 0.25) is 11.8 Å². The smallest absolute Gasteiger partial charge is 0.224 e. The number of hydrogen-bond acceptors (Lipinski definition) is 2. The summed E-state index contributed by atoms with van der Waals surface area (Å²) in [5, 5.41) is 2.88. The van der Waals surface area contributed by atoms with E-state index in [-0.39, 0.29) is 11.8 Å². The molecule has 4 heteroatoms. The summed E-state index contributed by atoms with van der Waals surface area (Å²) in [5.74, 6) is 0.478. The van der Waals surface area contributed by atoms with Crippen LogP contribution in [0.4, 0.5) is 0 Å². The predicted octanol–water partition coefficient (Wildman–Crippen LogP) is 2.16. The summed E-state index contributed by atoms with van der Waals surface area (Å²) in [7, 11) is 0. The summed E-state index contributed by atoms with van der Waals surface area (Å²) in [6.45, 7) is 9.51. The fourth-order valence-electron chi connectivity index (χ4n) is 2.19. The van der Waals surface area contributed by atoms with Crippen LogP contribution in [0.1, 0.15) is 31.9 Å². The van der Waals surface area contributed by atoms with E-state index in [2.05, 4.69) is 19.2 Å². The largest absolute Gasteiger partial charge is 0.354 e. The van der Waals surface area contributed by atoms with Gasteiger partial charge >= 0.3 is 0 Å². The van der Waals surface area contributed by atoms with Crippen molar-refractivity contribution in [3.63, 3.8) is 0 Å². The summed E-state index contributed by atoms with van der Waals surface area (Å²) >= 11 is 0. The van der Waals surface area contributed by atoms with Crippen molar-refractivity contribution in [3.8, 4) is 0 Å². The first-order valence-corrected chi connectivity index (χ1v) is 7.47. The van der Waals surface area contributed by atoms with Crippen LogP contribution in [0.15, 0.2) is 24.3 Å². The quantitative estimate of drug-likeness (QED) is 0.836. The van der Waals surface area contributed by atoms with Crippen LogP contribution in [0, 0.1) is 12.8 Å². The first kappa shape index (κ1) is 17.2. The molecule has 1 aromatic rings. The van der Waals surface area contributed by atoms with Gasteiger partial charge in [-0.3, -0.25) is 9.59 Å². The summed E-state index contributed by atoms with van der Waals surface area (Å²) < 4.78 is 0. The standard InChI is InChI=1S/C17H26N2O2/c1-13(2)12-19(15(4)20)10-9-18-17(21)11-16-8-6-5-7-14(16)3/h5-8,13H,9-12H2,1-4H3,(H,18,21). The van der Waals surface area contributed by atoms with E-state index in [0.29, 0.717) is 25.4 Å². The molecule has 0 bridgehead atoms. The molecule has 0 heterocycles. The lowest BCUT2D eigenvalue weighted by Gasteiger charge is -2.23. The summed E-state index contributed by atoms with van der Waals surface area (Å²) in [5.41, 5.74) is 2.17. The predicted molar refractivity (Wildman–Crippen MR) is 85.0 cm³/mol. The Morgan fingerprint density at radius 3 is 2.48 bits per heavy atom. The minimum absolute atomic E-state index is 0.00245. The first-order chi connectivity index (χ1) is 9.90. The maximum Gasteiger partial charge on any atom is 0.224 e. The van der Waals surface area contributed by atoms with Crippen LogP contribution in [-0.2, 0) is 16.0 Å². The Hall–Kier alpha value is -1.84. The monoisotopic (exact) mass is 290 g/mol. The number of benzene rings is 1. The van der Waals surface area contributed by atoms with Crippen molar-refractivity contribution in [3.05, 3.63) is 35.4 Å². The van der Waals surface area contributed by atoms with Gasteiger partial charge in [-0.2, -0.15) is 0 Å². The molecule has 0 fully saturated rings. The molecule has 0 unspecified atom stereocenters. The fraction of sp³-hybridized carbons (Fsp3) is 0.529. The van der Waals surface area contributed by atoms with Crippen LogP contribution in [0.3, 0.4) is 0 Å². The van der Waals surface area contributed by atoms with Crippen LogP contribution >= 0.6 is 0 Å². The molecule has 1 aromatic carbocycles.